The van der Waals surface area contributed by atoms with Gasteiger partial charge < -0.3 is 10.2 Å². The number of rotatable bonds is 3. The van der Waals surface area contributed by atoms with E-state index in [9.17, 15) is 10.2 Å². The number of hydrogen-bond donors (Lipinski definition) is 2. The molecule has 0 bridgehead atoms. The third-order valence-corrected chi connectivity index (χ3v) is 3.51. The third-order valence-electron chi connectivity index (χ3n) is 2.15. The lowest BCUT2D eigenvalue weighted by Crippen LogP contribution is -1.90. The van der Waals surface area contributed by atoms with Crippen molar-refractivity contribution in [3.05, 3.63) is 20.6 Å². The van der Waals surface area contributed by atoms with Gasteiger partial charge in [0.15, 0.2) is 11.5 Å². The van der Waals surface area contributed by atoms with Crippen LogP contribution in [0.1, 0.15) is 25.3 Å². The molecule has 0 fully saturated rings. The highest BCUT2D eigenvalue weighted by atomic mass is 35.5. The number of phenolic OH excluding ortho intramolecular Hbond substituents is 2. The van der Waals surface area contributed by atoms with Gasteiger partial charge in [-0.15, -0.1) is 0 Å². The summed E-state index contributed by atoms with van der Waals surface area (Å²) in [5.41, 5.74) is 0.449. The molecule has 0 aliphatic heterocycles. The van der Waals surface area contributed by atoms with Gasteiger partial charge in [0.2, 0.25) is 0 Å². The maximum absolute atomic E-state index is 9.63. The molecule has 0 saturated heterocycles. The Bertz CT molecular complexity index is 348. The summed E-state index contributed by atoms with van der Waals surface area (Å²) in [6, 6.07) is 0. The molecule has 0 atom stereocenters. The monoisotopic (exact) mass is 268 g/mol. The average Bonchev–Trinajstić information content (AvgIpc) is 2.24. The van der Waals surface area contributed by atoms with Gasteiger partial charge in [-0.3, -0.25) is 0 Å². The van der Waals surface area contributed by atoms with Gasteiger partial charge in [0.25, 0.3) is 0 Å². The maximum Gasteiger partial charge on any atom is 0.178 e. The van der Waals surface area contributed by atoms with E-state index >= 15 is 0 Å². The third kappa shape index (κ3) is 2.44. The van der Waals surface area contributed by atoms with Crippen molar-refractivity contribution in [2.45, 2.75) is 26.2 Å². The zero-order chi connectivity index (χ0) is 11.6. The maximum atomic E-state index is 9.63. The Kier molecular flexibility index (Phi) is 4.38. The molecule has 84 valence electrons. The van der Waals surface area contributed by atoms with E-state index in [0.29, 0.717) is 12.0 Å². The quantitative estimate of drug-likeness (QED) is 0.631. The lowest BCUT2D eigenvalue weighted by molar-refractivity contribution is 0.399. The van der Waals surface area contributed by atoms with Gasteiger partial charge in [-0.05, 0) is 12.8 Å². The minimum atomic E-state index is -0.405. The van der Waals surface area contributed by atoms with Gasteiger partial charge in [0, 0.05) is 5.56 Å². The highest BCUT2D eigenvalue weighted by Crippen LogP contribution is 2.46. The first-order chi connectivity index (χ1) is 7.00. The van der Waals surface area contributed by atoms with Crippen LogP contribution in [0.4, 0.5) is 0 Å². The Morgan fingerprint density at radius 3 is 2.07 bits per heavy atom. The second kappa shape index (κ2) is 5.15. The van der Waals surface area contributed by atoms with Crippen LogP contribution in [-0.2, 0) is 6.42 Å². The molecule has 0 amide bonds. The van der Waals surface area contributed by atoms with Crippen molar-refractivity contribution in [2.24, 2.45) is 0 Å². The Morgan fingerprint density at radius 2 is 1.53 bits per heavy atom. The molecule has 0 aliphatic carbocycles. The zero-order valence-electron chi connectivity index (χ0n) is 8.15. The predicted octanol–water partition coefficient (Wildman–Crippen LogP) is 4.40. The van der Waals surface area contributed by atoms with Crippen LogP contribution in [0.5, 0.6) is 11.5 Å². The van der Waals surface area contributed by atoms with Crippen molar-refractivity contribution in [1.82, 2.24) is 0 Å². The first-order valence-electron chi connectivity index (χ1n) is 4.57. The molecule has 1 aromatic rings. The van der Waals surface area contributed by atoms with Crippen LogP contribution in [-0.4, -0.2) is 10.2 Å². The summed E-state index contributed by atoms with van der Waals surface area (Å²) in [4.78, 5) is 0. The van der Waals surface area contributed by atoms with Crippen molar-refractivity contribution in [2.75, 3.05) is 0 Å². The van der Waals surface area contributed by atoms with Gasteiger partial charge in [-0.2, -0.15) is 0 Å². The van der Waals surface area contributed by atoms with Crippen LogP contribution >= 0.6 is 34.8 Å². The molecular formula is C10H11Cl3O2. The molecule has 15 heavy (non-hydrogen) atoms. The highest BCUT2D eigenvalue weighted by molar-refractivity contribution is 6.49. The van der Waals surface area contributed by atoms with E-state index in [1.165, 1.54) is 0 Å². The topological polar surface area (TPSA) is 40.5 Å². The smallest absolute Gasteiger partial charge is 0.178 e. The average molecular weight is 270 g/mol. The Balaban J connectivity index is 3.26. The van der Waals surface area contributed by atoms with Crippen molar-refractivity contribution >= 4 is 34.8 Å². The Hall–Kier alpha value is -0.310. The molecular weight excluding hydrogens is 258 g/mol. The molecule has 2 N–H and O–H groups in total. The fourth-order valence-electron chi connectivity index (χ4n) is 1.27. The summed E-state index contributed by atoms with van der Waals surface area (Å²) >= 11 is 17.4. The molecule has 2 nitrogen and oxygen atoms in total. The molecule has 0 heterocycles. The highest BCUT2D eigenvalue weighted by Gasteiger charge is 2.19. The molecule has 0 radical (unpaired) electrons. The largest absolute Gasteiger partial charge is 0.504 e. The summed E-state index contributed by atoms with van der Waals surface area (Å²) < 4.78 is 0. The van der Waals surface area contributed by atoms with Crippen LogP contribution in [0.25, 0.3) is 0 Å². The van der Waals surface area contributed by atoms with Crippen LogP contribution in [0, 0.1) is 0 Å². The van der Waals surface area contributed by atoms with Crippen LogP contribution in [0.2, 0.25) is 15.1 Å². The fourth-order valence-corrected chi connectivity index (χ4v) is 1.98. The molecule has 0 saturated carbocycles. The number of phenols is 2. The van der Waals surface area contributed by atoms with Crippen LogP contribution in [0.15, 0.2) is 0 Å². The summed E-state index contributed by atoms with van der Waals surface area (Å²) in [6.45, 7) is 2.02. The minimum absolute atomic E-state index is 0.0831. The van der Waals surface area contributed by atoms with E-state index in [0.717, 1.165) is 12.8 Å². The van der Waals surface area contributed by atoms with E-state index in [2.05, 4.69) is 0 Å². The summed E-state index contributed by atoms with van der Waals surface area (Å²) in [7, 11) is 0. The first-order valence-corrected chi connectivity index (χ1v) is 5.71. The normalized spacial score (nSPS) is 10.7. The van der Waals surface area contributed by atoms with Crippen molar-refractivity contribution in [3.63, 3.8) is 0 Å². The van der Waals surface area contributed by atoms with Crippen molar-refractivity contribution < 1.29 is 10.2 Å². The molecule has 1 rings (SSSR count). The Labute approximate surface area is 103 Å². The zero-order valence-corrected chi connectivity index (χ0v) is 10.4. The minimum Gasteiger partial charge on any atom is -0.504 e. The second-order valence-electron chi connectivity index (χ2n) is 3.22. The molecule has 0 aliphatic rings. The lowest BCUT2D eigenvalue weighted by Gasteiger charge is -2.11. The van der Waals surface area contributed by atoms with E-state index < -0.39 is 5.75 Å². The summed E-state index contributed by atoms with van der Waals surface area (Å²) in [6.07, 6.45) is 2.37. The number of unbranched alkanes of at least 4 members (excludes halogenated alkanes) is 1. The predicted molar refractivity (Wildman–Crippen MR) is 63.4 cm³/mol. The second-order valence-corrected chi connectivity index (χ2v) is 4.36. The number of aromatic hydroxyl groups is 2. The van der Waals surface area contributed by atoms with Crippen LogP contribution in [0.3, 0.4) is 0 Å². The first kappa shape index (κ1) is 12.8. The van der Waals surface area contributed by atoms with E-state index in [-0.39, 0.29) is 20.8 Å². The Morgan fingerprint density at radius 1 is 0.933 bits per heavy atom. The van der Waals surface area contributed by atoms with Crippen molar-refractivity contribution in [3.8, 4) is 11.5 Å². The molecule has 0 unspecified atom stereocenters. The summed E-state index contributed by atoms with van der Waals surface area (Å²) in [5, 5.41) is 19.3. The van der Waals surface area contributed by atoms with Crippen LogP contribution < -0.4 is 0 Å². The van der Waals surface area contributed by atoms with E-state index in [1.807, 2.05) is 6.92 Å². The fraction of sp³-hybridized carbons (Fsp3) is 0.400. The molecule has 1 aromatic carbocycles. The molecule has 0 spiro atoms. The van der Waals surface area contributed by atoms with Crippen molar-refractivity contribution in [1.29, 1.82) is 0 Å². The van der Waals surface area contributed by atoms with Gasteiger partial charge in [-0.25, -0.2) is 0 Å². The SMILES string of the molecule is CCCCc1c(O)c(O)c(Cl)c(Cl)c1Cl. The van der Waals surface area contributed by atoms with E-state index in [1.54, 1.807) is 0 Å². The van der Waals surface area contributed by atoms with Gasteiger partial charge in [0.05, 0.1) is 10.0 Å². The van der Waals surface area contributed by atoms with E-state index in [4.69, 9.17) is 34.8 Å². The summed E-state index contributed by atoms with van der Waals surface area (Å²) in [5.74, 6) is -0.681. The molecule has 0 aromatic heterocycles. The lowest BCUT2D eigenvalue weighted by atomic mass is 10.1. The van der Waals surface area contributed by atoms with Gasteiger partial charge in [0.1, 0.15) is 5.02 Å². The molecule has 5 heteroatoms. The standard InChI is InChI=1S/C10H11Cl3O2/c1-2-3-4-5-6(11)7(12)8(13)10(15)9(5)14/h14-15H,2-4H2,1H3. The van der Waals surface area contributed by atoms with Gasteiger partial charge in [-0.1, -0.05) is 48.1 Å². The number of hydrogen-bond acceptors (Lipinski definition) is 2. The number of halogens is 3. The number of benzene rings is 1. The van der Waals surface area contributed by atoms with Gasteiger partial charge >= 0.3 is 0 Å².